The molecular formula is C21H27N3O5S. The van der Waals surface area contributed by atoms with Crippen molar-refractivity contribution in [1.82, 2.24) is 5.32 Å². The van der Waals surface area contributed by atoms with Crippen molar-refractivity contribution < 1.29 is 22.7 Å². The number of rotatable bonds is 10. The molecule has 2 rings (SSSR count). The molecule has 0 fully saturated rings. The normalized spacial score (nSPS) is 12.1. The van der Waals surface area contributed by atoms with Crippen LogP contribution in [-0.2, 0) is 19.6 Å². The largest absolute Gasteiger partial charge is 0.383 e. The molecule has 0 spiro atoms. The Morgan fingerprint density at radius 1 is 1.07 bits per heavy atom. The molecule has 2 N–H and O–H groups in total. The van der Waals surface area contributed by atoms with Crippen molar-refractivity contribution in [2.45, 2.75) is 19.4 Å². The van der Waals surface area contributed by atoms with Crippen LogP contribution in [0.5, 0.6) is 0 Å². The molecule has 0 aliphatic heterocycles. The van der Waals surface area contributed by atoms with Gasteiger partial charge in [-0.15, -0.1) is 0 Å². The molecule has 0 aliphatic carbocycles. The number of sulfonamides is 1. The average Bonchev–Trinajstić information content (AvgIpc) is 2.72. The number of ether oxygens (including phenoxy) is 1. The van der Waals surface area contributed by atoms with Crippen LogP contribution in [0.3, 0.4) is 0 Å². The van der Waals surface area contributed by atoms with Crippen LogP contribution in [-0.4, -0.2) is 52.8 Å². The Balaban J connectivity index is 2.30. The summed E-state index contributed by atoms with van der Waals surface area (Å²) >= 11 is 0. The number of carbonyl (C=O) groups is 2. The zero-order valence-corrected chi connectivity index (χ0v) is 18.1. The summed E-state index contributed by atoms with van der Waals surface area (Å²) in [5.41, 5.74) is 0.979. The molecule has 0 saturated carbocycles. The van der Waals surface area contributed by atoms with Crippen molar-refractivity contribution in [2.24, 2.45) is 0 Å². The molecule has 2 aromatic rings. The first kappa shape index (κ1) is 23.4. The van der Waals surface area contributed by atoms with Gasteiger partial charge < -0.3 is 15.4 Å². The van der Waals surface area contributed by atoms with E-state index in [4.69, 9.17) is 4.74 Å². The topological polar surface area (TPSA) is 105 Å². The van der Waals surface area contributed by atoms with Crippen molar-refractivity contribution in [3.05, 3.63) is 60.2 Å². The Morgan fingerprint density at radius 3 is 2.30 bits per heavy atom. The Kier molecular flexibility index (Phi) is 8.37. The summed E-state index contributed by atoms with van der Waals surface area (Å²) in [7, 11) is -2.20. The van der Waals surface area contributed by atoms with Gasteiger partial charge in [0.05, 0.1) is 29.8 Å². The van der Waals surface area contributed by atoms with Gasteiger partial charge in [0.1, 0.15) is 6.04 Å². The summed E-state index contributed by atoms with van der Waals surface area (Å²) in [5, 5.41) is 5.43. The van der Waals surface area contributed by atoms with Crippen LogP contribution in [0.4, 0.5) is 11.4 Å². The summed E-state index contributed by atoms with van der Waals surface area (Å²) in [4.78, 5) is 25.5. The van der Waals surface area contributed by atoms with Gasteiger partial charge >= 0.3 is 0 Å². The highest BCUT2D eigenvalue weighted by Gasteiger charge is 2.31. The molecule has 0 bridgehead atoms. The molecule has 0 unspecified atom stereocenters. The van der Waals surface area contributed by atoms with Crippen molar-refractivity contribution in [3.63, 3.8) is 0 Å². The third-order valence-corrected chi connectivity index (χ3v) is 5.54. The van der Waals surface area contributed by atoms with Gasteiger partial charge in [-0.25, -0.2) is 8.42 Å². The van der Waals surface area contributed by atoms with Crippen LogP contribution in [0, 0.1) is 0 Å². The predicted molar refractivity (Wildman–Crippen MR) is 117 cm³/mol. The fourth-order valence-electron chi connectivity index (χ4n) is 3.00. The third-order valence-electron chi connectivity index (χ3n) is 4.36. The van der Waals surface area contributed by atoms with E-state index in [2.05, 4.69) is 10.6 Å². The first-order valence-electron chi connectivity index (χ1n) is 9.51. The number of hydrogen-bond donors (Lipinski definition) is 2. The van der Waals surface area contributed by atoms with Gasteiger partial charge in [0.2, 0.25) is 15.9 Å². The second-order valence-corrected chi connectivity index (χ2v) is 8.46. The molecule has 162 valence electrons. The molecule has 2 amide bonds. The molecule has 8 nitrogen and oxygen atoms in total. The van der Waals surface area contributed by atoms with E-state index in [0.717, 1.165) is 10.6 Å². The zero-order chi connectivity index (χ0) is 22.1. The number of nitrogens with one attached hydrogen (secondary N) is 2. The molecule has 2 aromatic carbocycles. The Morgan fingerprint density at radius 2 is 1.70 bits per heavy atom. The van der Waals surface area contributed by atoms with Crippen LogP contribution >= 0.6 is 0 Å². The average molecular weight is 434 g/mol. The Bertz CT molecular complexity index is 964. The summed E-state index contributed by atoms with van der Waals surface area (Å²) < 4.78 is 31.0. The summed E-state index contributed by atoms with van der Waals surface area (Å²) in [5.74, 6) is -0.886. The minimum absolute atomic E-state index is 0.246. The maximum atomic E-state index is 13.1. The van der Waals surface area contributed by atoms with E-state index < -0.39 is 22.0 Å². The van der Waals surface area contributed by atoms with E-state index in [-0.39, 0.29) is 17.9 Å². The van der Waals surface area contributed by atoms with E-state index in [9.17, 15) is 18.0 Å². The summed E-state index contributed by atoms with van der Waals surface area (Å²) in [6.45, 7) is 2.42. The van der Waals surface area contributed by atoms with E-state index in [1.807, 2.05) is 0 Å². The lowest BCUT2D eigenvalue weighted by molar-refractivity contribution is -0.117. The SMILES string of the molecule is CC[C@H](C(=O)Nc1ccccc1C(=O)NCCOC)N(c1ccccc1)S(C)(=O)=O. The van der Waals surface area contributed by atoms with Gasteiger partial charge in [-0.2, -0.15) is 0 Å². The second-order valence-electron chi connectivity index (χ2n) is 6.60. The van der Waals surface area contributed by atoms with Crippen molar-refractivity contribution in [3.8, 4) is 0 Å². The Hall–Kier alpha value is -2.91. The van der Waals surface area contributed by atoms with E-state index >= 15 is 0 Å². The van der Waals surface area contributed by atoms with Gasteiger partial charge in [-0.05, 0) is 30.7 Å². The monoisotopic (exact) mass is 433 g/mol. The smallest absolute Gasteiger partial charge is 0.253 e. The molecule has 0 saturated heterocycles. The van der Waals surface area contributed by atoms with Crippen LogP contribution in [0.1, 0.15) is 23.7 Å². The second kappa shape index (κ2) is 10.7. The van der Waals surface area contributed by atoms with Crippen molar-refractivity contribution in [1.29, 1.82) is 0 Å². The van der Waals surface area contributed by atoms with Crippen molar-refractivity contribution >= 4 is 33.2 Å². The van der Waals surface area contributed by atoms with Gasteiger partial charge in [0, 0.05) is 13.7 Å². The molecule has 9 heteroatoms. The number of carbonyl (C=O) groups excluding carboxylic acids is 2. The van der Waals surface area contributed by atoms with Gasteiger partial charge in [-0.1, -0.05) is 37.3 Å². The maximum absolute atomic E-state index is 13.1. The van der Waals surface area contributed by atoms with Gasteiger partial charge in [0.15, 0.2) is 0 Å². The lowest BCUT2D eigenvalue weighted by Crippen LogP contribution is -2.47. The van der Waals surface area contributed by atoms with Crippen LogP contribution in [0.2, 0.25) is 0 Å². The minimum Gasteiger partial charge on any atom is -0.383 e. The minimum atomic E-state index is -3.73. The Labute approximate surface area is 177 Å². The lowest BCUT2D eigenvalue weighted by Gasteiger charge is -2.30. The number of benzene rings is 2. The highest BCUT2D eigenvalue weighted by molar-refractivity contribution is 7.92. The summed E-state index contributed by atoms with van der Waals surface area (Å²) in [6.07, 6.45) is 1.31. The number of amides is 2. The van der Waals surface area contributed by atoms with E-state index in [1.54, 1.807) is 61.5 Å². The van der Waals surface area contributed by atoms with Gasteiger partial charge in [0.25, 0.3) is 5.91 Å². The fraction of sp³-hybridized carbons (Fsp3) is 0.333. The van der Waals surface area contributed by atoms with Crippen LogP contribution < -0.4 is 14.9 Å². The quantitative estimate of drug-likeness (QED) is 0.559. The first-order valence-corrected chi connectivity index (χ1v) is 11.4. The lowest BCUT2D eigenvalue weighted by atomic mass is 10.1. The standard InChI is InChI=1S/C21H27N3O5S/c1-4-19(24(30(3,27)28)16-10-6-5-7-11-16)21(26)23-18-13-9-8-12-17(18)20(25)22-14-15-29-2/h5-13,19H,4,14-15H2,1-3H3,(H,22,25)(H,23,26)/t19-/m1/s1. The van der Waals surface area contributed by atoms with Crippen LogP contribution in [0.25, 0.3) is 0 Å². The molecule has 0 radical (unpaired) electrons. The number of para-hydroxylation sites is 2. The van der Waals surface area contributed by atoms with E-state index in [0.29, 0.717) is 24.5 Å². The van der Waals surface area contributed by atoms with Crippen LogP contribution in [0.15, 0.2) is 54.6 Å². The molecular weight excluding hydrogens is 406 g/mol. The fourth-order valence-corrected chi connectivity index (χ4v) is 4.21. The molecule has 1 atom stereocenters. The molecule has 0 heterocycles. The first-order chi connectivity index (χ1) is 14.3. The highest BCUT2D eigenvalue weighted by Crippen LogP contribution is 2.23. The predicted octanol–water partition coefficient (Wildman–Crippen LogP) is 2.25. The third kappa shape index (κ3) is 6.04. The van der Waals surface area contributed by atoms with Crippen molar-refractivity contribution in [2.75, 3.05) is 36.1 Å². The van der Waals surface area contributed by atoms with E-state index in [1.165, 1.54) is 7.11 Å². The highest BCUT2D eigenvalue weighted by atomic mass is 32.2. The zero-order valence-electron chi connectivity index (χ0n) is 17.3. The number of anilines is 2. The number of nitrogens with zero attached hydrogens (tertiary/aromatic N) is 1. The summed E-state index contributed by atoms with van der Waals surface area (Å²) in [6, 6.07) is 14.0. The number of hydrogen-bond acceptors (Lipinski definition) is 5. The molecule has 0 aliphatic rings. The molecule has 30 heavy (non-hydrogen) atoms. The number of methoxy groups -OCH3 is 1. The maximum Gasteiger partial charge on any atom is 0.253 e. The van der Waals surface area contributed by atoms with Gasteiger partial charge in [-0.3, -0.25) is 13.9 Å². The molecule has 0 aromatic heterocycles.